The van der Waals surface area contributed by atoms with E-state index < -0.39 is 6.04 Å². The number of methoxy groups -OCH3 is 1. The van der Waals surface area contributed by atoms with Crippen LogP contribution in [0.5, 0.6) is 5.75 Å². The number of thiocarbonyl (C=S) groups is 1. The molecule has 1 atom stereocenters. The van der Waals surface area contributed by atoms with Gasteiger partial charge in [-0.2, -0.15) is 0 Å². The number of hydrogen-bond acceptors (Lipinski definition) is 4. The summed E-state index contributed by atoms with van der Waals surface area (Å²) in [6, 6.07) is 26.2. The van der Waals surface area contributed by atoms with E-state index in [0.717, 1.165) is 17.5 Å². The lowest BCUT2D eigenvalue weighted by Gasteiger charge is -2.24. The highest BCUT2D eigenvalue weighted by Crippen LogP contribution is 2.24. The summed E-state index contributed by atoms with van der Waals surface area (Å²) in [5.74, 6) is 0.322. The van der Waals surface area contributed by atoms with E-state index in [1.54, 1.807) is 36.3 Å². The molecule has 6 nitrogen and oxygen atoms in total. The number of nitrogens with zero attached hydrogens (tertiary/aromatic N) is 2. The van der Waals surface area contributed by atoms with Crippen molar-refractivity contribution in [2.24, 2.45) is 0 Å². The molecule has 7 heteroatoms. The molecule has 1 heterocycles. The van der Waals surface area contributed by atoms with Crippen LogP contribution in [0.3, 0.4) is 0 Å². The predicted octanol–water partition coefficient (Wildman–Crippen LogP) is 4.26. The van der Waals surface area contributed by atoms with Crippen molar-refractivity contribution in [1.82, 2.24) is 9.80 Å². The summed E-state index contributed by atoms with van der Waals surface area (Å²) < 4.78 is 5.16. The van der Waals surface area contributed by atoms with Gasteiger partial charge in [0, 0.05) is 12.2 Å². The number of nitrogens with one attached hydrogen (secondary N) is 1. The molecular weight excluding hydrogens is 446 g/mol. The fourth-order valence-corrected chi connectivity index (χ4v) is 4.39. The van der Waals surface area contributed by atoms with Crippen LogP contribution in [0.1, 0.15) is 17.5 Å². The zero-order chi connectivity index (χ0) is 23.9. The standard InChI is InChI=1S/C27H27N3O3S/c1-33-23-14-12-22(13-15-23)28-25(31)18-24-26(32)30(19-21-10-6-3-7-11-21)27(34)29(24)17-16-20-8-4-2-5-9-20/h2-15,24H,16-19H2,1H3,(H,28,31). The van der Waals surface area contributed by atoms with Gasteiger partial charge in [-0.15, -0.1) is 0 Å². The van der Waals surface area contributed by atoms with E-state index in [1.807, 2.05) is 65.6 Å². The van der Waals surface area contributed by atoms with Gasteiger partial charge in [0.1, 0.15) is 11.8 Å². The summed E-state index contributed by atoms with van der Waals surface area (Å²) in [6.07, 6.45) is 0.745. The highest BCUT2D eigenvalue weighted by atomic mass is 32.1. The molecule has 0 aromatic heterocycles. The van der Waals surface area contributed by atoms with E-state index in [-0.39, 0.29) is 18.2 Å². The number of carbonyl (C=O) groups is 2. The number of rotatable bonds is 9. The van der Waals surface area contributed by atoms with E-state index in [2.05, 4.69) is 5.32 Å². The number of benzene rings is 3. The lowest BCUT2D eigenvalue weighted by Crippen LogP contribution is -2.39. The van der Waals surface area contributed by atoms with E-state index in [1.165, 1.54) is 0 Å². The SMILES string of the molecule is COc1ccc(NC(=O)CC2C(=O)N(Cc3ccccc3)C(=S)N2CCc2ccccc2)cc1. The molecule has 0 bridgehead atoms. The molecule has 0 spiro atoms. The largest absolute Gasteiger partial charge is 0.497 e. The second-order valence-corrected chi connectivity index (χ2v) is 8.48. The van der Waals surface area contributed by atoms with Crippen molar-refractivity contribution in [2.45, 2.75) is 25.4 Å². The molecule has 3 aromatic rings. The summed E-state index contributed by atoms with van der Waals surface area (Å²) in [4.78, 5) is 29.8. The van der Waals surface area contributed by atoms with Gasteiger partial charge in [0.05, 0.1) is 20.1 Å². The Morgan fingerprint density at radius 1 is 0.941 bits per heavy atom. The average Bonchev–Trinajstić information content (AvgIpc) is 3.08. The van der Waals surface area contributed by atoms with Crippen molar-refractivity contribution in [2.75, 3.05) is 19.0 Å². The minimum atomic E-state index is -0.641. The highest BCUT2D eigenvalue weighted by molar-refractivity contribution is 7.80. The molecule has 1 aliphatic rings. The van der Waals surface area contributed by atoms with Gasteiger partial charge in [-0.3, -0.25) is 14.5 Å². The van der Waals surface area contributed by atoms with Crippen molar-refractivity contribution < 1.29 is 14.3 Å². The Labute approximate surface area is 205 Å². The third-order valence-corrected chi connectivity index (χ3v) is 6.28. The maximum absolute atomic E-state index is 13.4. The van der Waals surface area contributed by atoms with Crippen LogP contribution in [0, 0.1) is 0 Å². The van der Waals surface area contributed by atoms with Crippen molar-refractivity contribution >= 4 is 34.8 Å². The predicted molar refractivity (Wildman–Crippen MR) is 136 cm³/mol. The molecule has 1 saturated heterocycles. The third kappa shape index (κ3) is 5.61. The Bertz CT molecular complexity index is 1140. The Morgan fingerprint density at radius 3 is 2.18 bits per heavy atom. The van der Waals surface area contributed by atoms with Crippen molar-refractivity contribution in [3.05, 3.63) is 96.1 Å². The van der Waals surface area contributed by atoms with Gasteiger partial charge in [0.15, 0.2) is 5.11 Å². The lowest BCUT2D eigenvalue weighted by molar-refractivity contribution is -0.131. The monoisotopic (exact) mass is 473 g/mol. The van der Waals surface area contributed by atoms with Crippen LogP contribution < -0.4 is 10.1 Å². The molecule has 4 rings (SSSR count). The van der Waals surface area contributed by atoms with Crippen LogP contribution >= 0.6 is 12.2 Å². The molecule has 1 unspecified atom stereocenters. The van der Waals surface area contributed by atoms with Gasteiger partial charge < -0.3 is 15.0 Å². The summed E-state index contributed by atoms with van der Waals surface area (Å²) in [7, 11) is 1.59. The maximum Gasteiger partial charge on any atom is 0.252 e. The lowest BCUT2D eigenvalue weighted by atomic mass is 10.1. The zero-order valence-corrected chi connectivity index (χ0v) is 19.8. The topological polar surface area (TPSA) is 61.9 Å². The normalized spacial score (nSPS) is 15.5. The third-order valence-electron chi connectivity index (χ3n) is 5.82. The molecule has 1 N–H and O–H groups in total. The number of amides is 2. The highest BCUT2D eigenvalue weighted by Gasteiger charge is 2.43. The summed E-state index contributed by atoms with van der Waals surface area (Å²) in [5, 5.41) is 3.34. The van der Waals surface area contributed by atoms with Crippen LogP contribution in [0.15, 0.2) is 84.9 Å². The Balaban J connectivity index is 1.49. The van der Waals surface area contributed by atoms with Gasteiger partial charge in [0.25, 0.3) is 5.91 Å². The number of ether oxygens (including phenoxy) is 1. The maximum atomic E-state index is 13.4. The number of hydrogen-bond donors (Lipinski definition) is 1. The minimum absolute atomic E-state index is 0.0189. The van der Waals surface area contributed by atoms with Gasteiger partial charge in [0.2, 0.25) is 5.91 Å². The molecule has 1 aliphatic heterocycles. The molecule has 1 fully saturated rings. The van der Waals surface area contributed by atoms with Crippen LogP contribution in [0.4, 0.5) is 5.69 Å². The smallest absolute Gasteiger partial charge is 0.252 e. The van der Waals surface area contributed by atoms with Gasteiger partial charge >= 0.3 is 0 Å². The Kier molecular flexibility index (Phi) is 7.54. The van der Waals surface area contributed by atoms with Gasteiger partial charge in [-0.1, -0.05) is 60.7 Å². The van der Waals surface area contributed by atoms with E-state index >= 15 is 0 Å². The molecular formula is C27H27N3O3S. The van der Waals surface area contributed by atoms with E-state index in [9.17, 15) is 9.59 Å². The quantitative estimate of drug-likeness (QED) is 0.471. The minimum Gasteiger partial charge on any atom is -0.497 e. The Hall–Kier alpha value is -3.71. The average molecular weight is 474 g/mol. The second-order valence-electron chi connectivity index (χ2n) is 8.12. The van der Waals surface area contributed by atoms with Gasteiger partial charge in [-0.25, -0.2) is 0 Å². The molecule has 34 heavy (non-hydrogen) atoms. The fraction of sp³-hybridized carbons (Fsp3) is 0.222. The van der Waals surface area contributed by atoms with Crippen molar-refractivity contribution in [3.8, 4) is 5.75 Å². The first-order chi connectivity index (χ1) is 16.5. The number of anilines is 1. The molecule has 174 valence electrons. The summed E-state index contributed by atoms with van der Waals surface area (Å²) >= 11 is 5.73. The van der Waals surface area contributed by atoms with Crippen LogP contribution in [-0.4, -0.2) is 46.4 Å². The fourth-order valence-electron chi connectivity index (χ4n) is 4.01. The van der Waals surface area contributed by atoms with E-state index in [0.29, 0.717) is 29.6 Å². The summed E-state index contributed by atoms with van der Waals surface area (Å²) in [6.45, 7) is 0.942. The second kappa shape index (κ2) is 10.9. The van der Waals surface area contributed by atoms with Crippen LogP contribution in [0.25, 0.3) is 0 Å². The molecule has 2 amide bonds. The zero-order valence-electron chi connectivity index (χ0n) is 19.0. The van der Waals surface area contributed by atoms with Crippen LogP contribution in [-0.2, 0) is 22.6 Å². The first kappa shape index (κ1) is 23.4. The molecule has 0 aliphatic carbocycles. The van der Waals surface area contributed by atoms with Crippen LogP contribution in [0.2, 0.25) is 0 Å². The van der Waals surface area contributed by atoms with Crippen molar-refractivity contribution in [1.29, 1.82) is 0 Å². The van der Waals surface area contributed by atoms with E-state index in [4.69, 9.17) is 17.0 Å². The Morgan fingerprint density at radius 2 is 1.56 bits per heavy atom. The first-order valence-electron chi connectivity index (χ1n) is 11.2. The molecule has 0 radical (unpaired) electrons. The van der Waals surface area contributed by atoms with Crippen molar-refractivity contribution in [3.63, 3.8) is 0 Å². The number of carbonyl (C=O) groups excluding carboxylic acids is 2. The molecule has 3 aromatic carbocycles. The van der Waals surface area contributed by atoms with Gasteiger partial charge in [-0.05, 0) is 54.0 Å². The molecule has 0 saturated carbocycles. The first-order valence-corrected chi connectivity index (χ1v) is 11.6. The summed E-state index contributed by atoms with van der Waals surface area (Å²) in [5.41, 5.74) is 2.79.